The van der Waals surface area contributed by atoms with Gasteiger partial charge < -0.3 is 5.73 Å². The van der Waals surface area contributed by atoms with Crippen LogP contribution in [-0.4, -0.2) is 6.04 Å². The normalized spacial score (nSPS) is 39.8. The Morgan fingerprint density at radius 1 is 1.38 bits per heavy atom. The van der Waals surface area contributed by atoms with Crippen molar-refractivity contribution in [2.75, 3.05) is 0 Å². The molecule has 1 heteroatoms. The molecule has 1 fully saturated rings. The second kappa shape index (κ2) is 2.49. The predicted octanol–water partition coefficient (Wildman–Crippen LogP) is 0.807. The maximum absolute atomic E-state index is 4.05. The van der Waals surface area contributed by atoms with Crippen molar-refractivity contribution in [2.45, 2.75) is 38.6 Å². The zero-order valence-electron chi connectivity index (χ0n) is 5.69. The van der Waals surface area contributed by atoms with Crippen molar-refractivity contribution in [2.24, 2.45) is 5.92 Å². The highest BCUT2D eigenvalue weighted by Crippen LogP contribution is 2.20. The fraction of sp³-hybridized carbons (Fsp3) is 1.00. The monoisotopic (exact) mass is 114 g/mol. The van der Waals surface area contributed by atoms with E-state index in [1.165, 1.54) is 25.7 Å². The predicted molar refractivity (Wildman–Crippen MR) is 34.3 cm³/mol. The average Bonchev–Trinajstić information content (AvgIpc) is 1.64. The molecule has 0 unspecified atom stereocenters. The Hall–Kier alpha value is -0.0400. The van der Waals surface area contributed by atoms with E-state index in [0.717, 1.165) is 12.0 Å². The molecule has 2 atom stereocenters. The molecule has 3 N–H and O–H groups in total. The Morgan fingerprint density at radius 2 is 2.12 bits per heavy atom. The summed E-state index contributed by atoms with van der Waals surface area (Å²) in [6.45, 7) is 2.33. The molecule has 0 bridgehead atoms. The SMILES string of the molecule is C[C@@H]1CCC[C@@H]([NH3+])C1. The minimum atomic E-state index is 0.763. The summed E-state index contributed by atoms with van der Waals surface area (Å²) >= 11 is 0. The largest absolute Gasteiger partial charge is 0.355 e. The first-order chi connectivity index (χ1) is 3.79. The van der Waals surface area contributed by atoms with Crippen molar-refractivity contribution in [3.63, 3.8) is 0 Å². The van der Waals surface area contributed by atoms with Crippen LogP contribution in [0.3, 0.4) is 0 Å². The van der Waals surface area contributed by atoms with E-state index >= 15 is 0 Å². The minimum absolute atomic E-state index is 0.763. The zero-order chi connectivity index (χ0) is 5.98. The van der Waals surface area contributed by atoms with Gasteiger partial charge in [0.1, 0.15) is 0 Å². The van der Waals surface area contributed by atoms with E-state index in [0.29, 0.717) is 0 Å². The molecule has 0 aromatic rings. The molecule has 0 aromatic carbocycles. The second-order valence-electron chi connectivity index (χ2n) is 3.14. The molecule has 0 saturated heterocycles. The molecule has 1 rings (SSSR count). The molecule has 1 aliphatic carbocycles. The van der Waals surface area contributed by atoms with Crippen molar-refractivity contribution >= 4 is 0 Å². The Bertz CT molecular complexity index is 62.8. The molecule has 1 saturated carbocycles. The van der Waals surface area contributed by atoms with Gasteiger partial charge in [0.25, 0.3) is 0 Å². The maximum atomic E-state index is 4.05. The van der Waals surface area contributed by atoms with Gasteiger partial charge in [0.2, 0.25) is 0 Å². The summed E-state index contributed by atoms with van der Waals surface area (Å²) in [6.07, 6.45) is 5.58. The summed E-state index contributed by atoms with van der Waals surface area (Å²) in [6, 6.07) is 0.763. The third-order valence-electron chi connectivity index (χ3n) is 2.04. The maximum Gasteiger partial charge on any atom is 0.0846 e. The van der Waals surface area contributed by atoms with Crippen molar-refractivity contribution in [3.8, 4) is 0 Å². The summed E-state index contributed by atoms with van der Waals surface area (Å²) in [5, 5.41) is 0. The fourth-order valence-electron chi connectivity index (χ4n) is 1.56. The smallest absolute Gasteiger partial charge is 0.0846 e. The minimum Gasteiger partial charge on any atom is -0.355 e. The van der Waals surface area contributed by atoms with Gasteiger partial charge >= 0.3 is 0 Å². The van der Waals surface area contributed by atoms with Crippen molar-refractivity contribution in [1.29, 1.82) is 0 Å². The fourth-order valence-corrected chi connectivity index (χ4v) is 1.56. The van der Waals surface area contributed by atoms with Gasteiger partial charge in [-0.25, -0.2) is 0 Å². The van der Waals surface area contributed by atoms with Crippen LogP contribution in [0.5, 0.6) is 0 Å². The van der Waals surface area contributed by atoms with E-state index in [4.69, 9.17) is 0 Å². The van der Waals surface area contributed by atoms with Crippen molar-refractivity contribution < 1.29 is 5.73 Å². The first-order valence-electron chi connectivity index (χ1n) is 3.62. The molecule has 0 amide bonds. The average molecular weight is 114 g/mol. The van der Waals surface area contributed by atoms with Gasteiger partial charge in [-0.15, -0.1) is 0 Å². The summed E-state index contributed by atoms with van der Waals surface area (Å²) < 4.78 is 0. The highest BCUT2D eigenvalue weighted by atomic mass is 14.6. The van der Waals surface area contributed by atoms with E-state index < -0.39 is 0 Å². The van der Waals surface area contributed by atoms with Gasteiger partial charge in [0, 0.05) is 6.42 Å². The highest BCUT2D eigenvalue weighted by Gasteiger charge is 2.16. The molecular formula is C7H16N+. The Labute approximate surface area is 51.3 Å². The first kappa shape index (κ1) is 6.09. The summed E-state index contributed by atoms with van der Waals surface area (Å²) in [7, 11) is 0. The van der Waals surface area contributed by atoms with Gasteiger partial charge in [-0.1, -0.05) is 13.3 Å². The molecule has 1 nitrogen and oxygen atoms in total. The van der Waals surface area contributed by atoms with Gasteiger partial charge in [-0.05, 0) is 18.8 Å². The third-order valence-corrected chi connectivity index (χ3v) is 2.04. The Balaban J connectivity index is 2.23. The summed E-state index contributed by atoms with van der Waals surface area (Å²) in [4.78, 5) is 0. The summed E-state index contributed by atoms with van der Waals surface area (Å²) in [5.41, 5.74) is 4.05. The number of rotatable bonds is 0. The highest BCUT2D eigenvalue weighted by molar-refractivity contribution is 4.66. The molecule has 0 aliphatic heterocycles. The van der Waals surface area contributed by atoms with Gasteiger partial charge in [-0.3, -0.25) is 0 Å². The van der Waals surface area contributed by atoms with Crippen LogP contribution < -0.4 is 5.73 Å². The van der Waals surface area contributed by atoms with E-state index in [1.54, 1.807) is 0 Å². The van der Waals surface area contributed by atoms with Crippen LogP contribution in [0.1, 0.15) is 32.6 Å². The Kier molecular flexibility index (Phi) is 1.90. The van der Waals surface area contributed by atoms with E-state index in [2.05, 4.69) is 12.7 Å². The van der Waals surface area contributed by atoms with E-state index in [1.807, 2.05) is 0 Å². The van der Waals surface area contributed by atoms with Crippen LogP contribution in [-0.2, 0) is 0 Å². The molecule has 0 heterocycles. The lowest BCUT2D eigenvalue weighted by Crippen LogP contribution is -2.62. The van der Waals surface area contributed by atoms with Gasteiger partial charge in [0.05, 0.1) is 6.04 Å². The van der Waals surface area contributed by atoms with Crippen LogP contribution in [0, 0.1) is 5.92 Å². The number of hydrogen-bond donors (Lipinski definition) is 1. The van der Waals surface area contributed by atoms with E-state index in [-0.39, 0.29) is 0 Å². The third kappa shape index (κ3) is 1.48. The van der Waals surface area contributed by atoms with Crippen molar-refractivity contribution in [3.05, 3.63) is 0 Å². The van der Waals surface area contributed by atoms with Gasteiger partial charge in [0.15, 0.2) is 0 Å². The number of quaternary nitrogens is 1. The lowest BCUT2D eigenvalue weighted by molar-refractivity contribution is -0.427. The lowest BCUT2D eigenvalue weighted by atomic mass is 9.88. The summed E-state index contributed by atoms with van der Waals surface area (Å²) in [5.74, 6) is 0.950. The standard InChI is InChI=1S/C7H15N/c1-6-3-2-4-7(8)5-6/h6-7H,2-5,8H2,1H3/p+1/t6-,7-/m1/s1. The number of hydrogen-bond acceptors (Lipinski definition) is 0. The van der Waals surface area contributed by atoms with Crippen LogP contribution in [0.25, 0.3) is 0 Å². The quantitative estimate of drug-likeness (QED) is 0.482. The molecule has 0 aromatic heterocycles. The Morgan fingerprint density at radius 3 is 2.50 bits per heavy atom. The second-order valence-corrected chi connectivity index (χ2v) is 3.14. The lowest BCUT2D eigenvalue weighted by Gasteiger charge is -2.20. The van der Waals surface area contributed by atoms with Crippen LogP contribution >= 0.6 is 0 Å². The topological polar surface area (TPSA) is 27.6 Å². The zero-order valence-corrected chi connectivity index (χ0v) is 5.69. The molecule has 0 spiro atoms. The van der Waals surface area contributed by atoms with Gasteiger partial charge in [-0.2, -0.15) is 0 Å². The molecule has 48 valence electrons. The van der Waals surface area contributed by atoms with Crippen molar-refractivity contribution in [1.82, 2.24) is 0 Å². The van der Waals surface area contributed by atoms with Crippen LogP contribution in [0.15, 0.2) is 0 Å². The molecule has 1 aliphatic rings. The molecule has 8 heavy (non-hydrogen) atoms. The molecule has 0 radical (unpaired) electrons. The van der Waals surface area contributed by atoms with Crippen LogP contribution in [0.2, 0.25) is 0 Å². The van der Waals surface area contributed by atoms with Crippen LogP contribution in [0.4, 0.5) is 0 Å². The van der Waals surface area contributed by atoms with E-state index in [9.17, 15) is 0 Å². The first-order valence-corrected chi connectivity index (χ1v) is 3.62. The molecular weight excluding hydrogens is 98.1 g/mol.